The first-order chi connectivity index (χ1) is 12.6. The van der Waals surface area contributed by atoms with E-state index in [-0.39, 0.29) is 11.8 Å². The molecular formula is C20H26N4O2. The molecule has 2 fully saturated rings. The molecule has 1 N–H and O–H groups in total. The molecule has 0 atom stereocenters. The van der Waals surface area contributed by atoms with Crippen molar-refractivity contribution in [2.24, 2.45) is 5.92 Å². The predicted molar refractivity (Wildman–Crippen MR) is 99.7 cm³/mol. The molecule has 2 amide bonds. The van der Waals surface area contributed by atoms with Gasteiger partial charge in [0.1, 0.15) is 5.82 Å². The molecule has 1 aromatic heterocycles. The predicted octanol–water partition coefficient (Wildman–Crippen LogP) is 2.27. The van der Waals surface area contributed by atoms with E-state index in [9.17, 15) is 9.59 Å². The standard InChI is InChI=1S/C20H26N4O2/c1-14-21-17-7-6-15(12-18(17)22-14)13-19(25)23-8-3-9-24(11-10-23)20(26)16-4-2-5-16/h6-7,12,16H,2-5,8-11,13H2,1H3,(H,21,22). The summed E-state index contributed by atoms with van der Waals surface area (Å²) in [5.74, 6) is 1.55. The zero-order chi connectivity index (χ0) is 18.1. The van der Waals surface area contributed by atoms with Crippen LogP contribution in [0.3, 0.4) is 0 Å². The Kier molecular flexibility index (Phi) is 4.66. The van der Waals surface area contributed by atoms with Gasteiger partial charge in [0.15, 0.2) is 0 Å². The lowest BCUT2D eigenvalue weighted by atomic mass is 9.84. The summed E-state index contributed by atoms with van der Waals surface area (Å²) in [6, 6.07) is 5.95. The van der Waals surface area contributed by atoms with Crippen LogP contribution in [0.1, 0.15) is 37.1 Å². The number of hydrogen-bond donors (Lipinski definition) is 1. The molecule has 6 heteroatoms. The van der Waals surface area contributed by atoms with Gasteiger partial charge in [-0.2, -0.15) is 0 Å². The van der Waals surface area contributed by atoms with Crippen LogP contribution in [-0.2, 0) is 16.0 Å². The Morgan fingerprint density at radius 2 is 1.88 bits per heavy atom. The second-order valence-corrected chi connectivity index (χ2v) is 7.54. The van der Waals surface area contributed by atoms with Gasteiger partial charge in [0.05, 0.1) is 17.5 Å². The number of aromatic amines is 1. The van der Waals surface area contributed by atoms with E-state index in [0.717, 1.165) is 54.8 Å². The van der Waals surface area contributed by atoms with E-state index >= 15 is 0 Å². The summed E-state index contributed by atoms with van der Waals surface area (Å²) in [6.45, 7) is 4.75. The maximum atomic E-state index is 12.7. The van der Waals surface area contributed by atoms with Gasteiger partial charge in [-0.05, 0) is 43.9 Å². The molecule has 4 rings (SSSR count). The van der Waals surface area contributed by atoms with Crippen molar-refractivity contribution < 1.29 is 9.59 Å². The third-order valence-electron chi connectivity index (χ3n) is 5.63. The first-order valence-corrected chi connectivity index (χ1v) is 9.62. The topological polar surface area (TPSA) is 69.3 Å². The minimum absolute atomic E-state index is 0.138. The Bertz CT molecular complexity index is 824. The van der Waals surface area contributed by atoms with Crippen LogP contribution in [0, 0.1) is 12.8 Å². The van der Waals surface area contributed by atoms with Gasteiger partial charge in [-0.25, -0.2) is 4.98 Å². The van der Waals surface area contributed by atoms with Gasteiger partial charge in [-0.3, -0.25) is 9.59 Å². The molecule has 1 aliphatic heterocycles. The summed E-state index contributed by atoms with van der Waals surface area (Å²) in [7, 11) is 0. The van der Waals surface area contributed by atoms with Crippen LogP contribution in [-0.4, -0.2) is 57.8 Å². The van der Waals surface area contributed by atoms with Crippen LogP contribution in [0.25, 0.3) is 11.0 Å². The summed E-state index contributed by atoms with van der Waals surface area (Å²) < 4.78 is 0. The summed E-state index contributed by atoms with van der Waals surface area (Å²) in [5.41, 5.74) is 2.90. The number of hydrogen-bond acceptors (Lipinski definition) is 3. The zero-order valence-corrected chi connectivity index (χ0v) is 15.3. The lowest BCUT2D eigenvalue weighted by molar-refractivity contribution is -0.138. The van der Waals surface area contributed by atoms with Gasteiger partial charge < -0.3 is 14.8 Å². The molecule has 0 unspecified atom stereocenters. The molecule has 0 radical (unpaired) electrons. The van der Waals surface area contributed by atoms with Crippen molar-refractivity contribution >= 4 is 22.8 Å². The number of H-pyrrole nitrogens is 1. The Labute approximate surface area is 153 Å². The average Bonchev–Trinajstić information content (AvgIpc) is 2.78. The minimum atomic E-state index is 0.138. The van der Waals surface area contributed by atoms with E-state index in [1.165, 1.54) is 6.42 Å². The highest BCUT2D eigenvalue weighted by Gasteiger charge is 2.30. The van der Waals surface area contributed by atoms with E-state index in [0.29, 0.717) is 25.4 Å². The molecule has 0 spiro atoms. The Hall–Kier alpha value is -2.37. The van der Waals surface area contributed by atoms with Crippen LogP contribution in [0.15, 0.2) is 18.2 Å². The fraction of sp³-hybridized carbons (Fsp3) is 0.550. The summed E-state index contributed by atoms with van der Waals surface area (Å²) in [4.78, 5) is 36.7. The molecule has 0 bridgehead atoms. The molecular weight excluding hydrogens is 328 g/mol. The van der Waals surface area contributed by atoms with E-state index < -0.39 is 0 Å². The number of nitrogens with one attached hydrogen (secondary N) is 1. The smallest absolute Gasteiger partial charge is 0.227 e. The highest BCUT2D eigenvalue weighted by atomic mass is 16.2. The fourth-order valence-corrected chi connectivity index (χ4v) is 3.88. The molecule has 1 saturated carbocycles. The maximum absolute atomic E-state index is 12.7. The zero-order valence-electron chi connectivity index (χ0n) is 15.3. The number of nitrogens with zero attached hydrogens (tertiary/aromatic N) is 3. The molecule has 2 heterocycles. The van der Waals surface area contributed by atoms with Gasteiger partial charge in [-0.1, -0.05) is 12.5 Å². The molecule has 1 aromatic carbocycles. The maximum Gasteiger partial charge on any atom is 0.227 e. The monoisotopic (exact) mass is 354 g/mol. The molecule has 1 aliphatic carbocycles. The number of benzene rings is 1. The molecule has 1 saturated heterocycles. The quantitative estimate of drug-likeness (QED) is 0.919. The SMILES string of the molecule is Cc1nc2ccc(CC(=O)N3CCCN(C(=O)C4CCC4)CC3)cc2[nH]1. The second-order valence-electron chi connectivity index (χ2n) is 7.54. The van der Waals surface area contributed by atoms with Gasteiger partial charge in [-0.15, -0.1) is 0 Å². The average molecular weight is 354 g/mol. The summed E-state index contributed by atoms with van der Waals surface area (Å²) in [5, 5.41) is 0. The Balaban J connectivity index is 1.37. The summed E-state index contributed by atoms with van der Waals surface area (Å²) in [6.07, 6.45) is 4.50. The number of fused-ring (bicyclic) bond motifs is 1. The third kappa shape index (κ3) is 3.45. The van der Waals surface area contributed by atoms with Crippen LogP contribution < -0.4 is 0 Å². The van der Waals surface area contributed by atoms with Crippen LogP contribution in [0.5, 0.6) is 0 Å². The highest BCUT2D eigenvalue weighted by Crippen LogP contribution is 2.28. The van der Waals surface area contributed by atoms with Crippen molar-refractivity contribution in [2.75, 3.05) is 26.2 Å². The third-order valence-corrected chi connectivity index (χ3v) is 5.63. The molecule has 26 heavy (non-hydrogen) atoms. The van der Waals surface area contributed by atoms with Crippen molar-refractivity contribution in [2.45, 2.75) is 39.0 Å². The van der Waals surface area contributed by atoms with Crippen LogP contribution >= 0.6 is 0 Å². The highest BCUT2D eigenvalue weighted by molar-refractivity contribution is 5.82. The minimum Gasteiger partial charge on any atom is -0.342 e. The first kappa shape index (κ1) is 17.1. The lowest BCUT2D eigenvalue weighted by Gasteiger charge is -2.31. The van der Waals surface area contributed by atoms with E-state index in [1.54, 1.807) is 0 Å². The largest absolute Gasteiger partial charge is 0.342 e. The number of carbonyl (C=O) groups is 2. The van der Waals surface area contributed by atoms with Gasteiger partial charge >= 0.3 is 0 Å². The van der Waals surface area contributed by atoms with E-state index in [4.69, 9.17) is 0 Å². The van der Waals surface area contributed by atoms with Gasteiger partial charge in [0, 0.05) is 32.1 Å². The van der Waals surface area contributed by atoms with Gasteiger partial charge in [0.25, 0.3) is 0 Å². The lowest BCUT2D eigenvalue weighted by Crippen LogP contribution is -2.41. The number of aryl methyl sites for hydroxylation is 1. The van der Waals surface area contributed by atoms with Crippen molar-refractivity contribution in [3.05, 3.63) is 29.6 Å². The number of aromatic nitrogens is 2. The first-order valence-electron chi connectivity index (χ1n) is 9.62. The van der Waals surface area contributed by atoms with Gasteiger partial charge in [0.2, 0.25) is 11.8 Å². The molecule has 138 valence electrons. The van der Waals surface area contributed by atoms with Crippen molar-refractivity contribution in [3.8, 4) is 0 Å². The summed E-state index contributed by atoms with van der Waals surface area (Å²) >= 11 is 0. The van der Waals surface area contributed by atoms with Crippen LogP contribution in [0.2, 0.25) is 0 Å². The number of imidazole rings is 1. The molecule has 6 nitrogen and oxygen atoms in total. The molecule has 2 aliphatic rings. The number of carbonyl (C=O) groups excluding carboxylic acids is 2. The Morgan fingerprint density at radius 3 is 2.65 bits per heavy atom. The van der Waals surface area contributed by atoms with Crippen LogP contribution in [0.4, 0.5) is 0 Å². The van der Waals surface area contributed by atoms with Crippen molar-refractivity contribution in [3.63, 3.8) is 0 Å². The van der Waals surface area contributed by atoms with E-state index in [2.05, 4.69) is 9.97 Å². The van der Waals surface area contributed by atoms with Crippen molar-refractivity contribution in [1.29, 1.82) is 0 Å². The van der Waals surface area contributed by atoms with Crippen molar-refractivity contribution in [1.82, 2.24) is 19.8 Å². The normalized spacial score (nSPS) is 18.7. The second kappa shape index (κ2) is 7.09. The Morgan fingerprint density at radius 1 is 1.12 bits per heavy atom. The number of amides is 2. The fourth-order valence-electron chi connectivity index (χ4n) is 3.88. The molecule has 2 aromatic rings. The number of rotatable bonds is 3. The van der Waals surface area contributed by atoms with E-state index in [1.807, 2.05) is 34.9 Å².